The first-order chi connectivity index (χ1) is 9.40. The topological polar surface area (TPSA) is 0 Å². The van der Waals surface area contributed by atoms with Crippen LogP contribution in [0.1, 0.15) is 42.9 Å². The summed E-state index contributed by atoms with van der Waals surface area (Å²) < 4.78 is 0. The van der Waals surface area contributed by atoms with Crippen LogP contribution in [0.2, 0.25) is 0 Å². The molecule has 2 aromatic carbocycles. The van der Waals surface area contributed by atoms with Crippen molar-refractivity contribution in [3.05, 3.63) is 65.2 Å². The molecule has 0 aromatic heterocycles. The second-order valence-corrected chi connectivity index (χ2v) is 5.26. The van der Waals surface area contributed by atoms with Crippen molar-refractivity contribution in [2.75, 3.05) is 0 Å². The highest BCUT2D eigenvalue weighted by Crippen LogP contribution is 2.39. The van der Waals surface area contributed by atoms with E-state index in [0.717, 1.165) is 6.42 Å². The lowest BCUT2D eigenvalue weighted by molar-refractivity contribution is 0.816. The molecular formula is C19H20. The van der Waals surface area contributed by atoms with Crippen molar-refractivity contribution in [3.8, 4) is 11.1 Å². The molecule has 0 amide bonds. The average Bonchev–Trinajstić information content (AvgIpc) is 2.83. The Kier molecular flexibility index (Phi) is 3.50. The molecule has 0 unspecified atom stereocenters. The molecular weight excluding hydrogens is 228 g/mol. The molecule has 2 aromatic rings. The van der Waals surface area contributed by atoms with Crippen LogP contribution < -0.4 is 0 Å². The van der Waals surface area contributed by atoms with Crippen molar-refractivity contribution in [1.82, 2.24) is 0 Å². The summed E-state index contributed by atoms with van der Waals surface area (Å²) in [6, 6.07) is 15.5. The van der Waals surface area contributed by atoms with E-state index in [4.69, 9.17) is 0 Å². The molecule has 0 bridgehead atoms. The van der Waals surface area contributed by atoms with Gasteiger partial charge < -0.3 is 0 Å². The van der Waals surface area contributed by atoms with Crippen LogP contribution >= 0.6 is 0 Å². The van der Waals surface area contributed by atoms with Gasteiger partial charge in [-0.15, -0.1) is 0 Å². The molecule has 19 heavy (non-hydrogen) atoms. The molecule has 0 nitrogen and oxygen atoms in total. The third kappa shape index (κ3) is 2.35. The van der Waals surface area contributed by atoms with Crippen molar-refractivity contribution in [3.63, 3.8) is 0 Å². The lowest BCUT2D eigenvalue weighted by Gasteiger charge is -2.05. The van der Waals surface area contributed by atoms with Crippen LogP contribution in [0.4, 0.5) is 0 Å². The van der Waals surface area contributed by atoms with Crippen molar-refractivity contribution in [1.29, 1.82) is 0 Å². The summed E-state index contributed by atoms with van der Waals surface area (Å²) in [7, 11) is 0. The maximum Gasteiger partial charge on any atom is -0.00132 e. The predicted molar refractivity (Wildman–Crippen MR) is 83.2 cm³/mol. The van der Waals surface area contributed by atoms with Gasteiger partial charge in [-0.1, -0.05) is 74.4 Å². The molecule has 0 saturated carbocycles. The van der Waals surface area contributed by atoms with Crippen LogP contribution in [-0.2, 0) is 6.42 Å². The molecule has 0 fully saturated rings. The van der Waals surface area contributed by atoms with Gasteiger partial charge in [0.2, 0.25) is 0 Å². The zero-order chi connectivity index (χ0) is 13.1. The molecule has 0 atom stereocenters. The van der Waals surface area contributed by atoms with Crippen LogP contribution in [0.25, 0.3) is 17.2 Å². The molecule has 0 spiro atoms. The molecule has 0 N–H and O–H groups in total. The van der Waals surface area contributed by atoms with Crippen LogP contribution in [0.5, 0.6) is 0 Å². The molecule has 1 aliphatic rings. The number of allylic oxidation sites excluding steroid dienone is 1. The zero-order valence-electron chi connectivity index (χ0n) is 11.5. The van der Waals surface area contributed by atoms with E-state index in [2.05, 4.69) is 61.5 Å². The second-order valence-electron chi connectivity index (χ2n) is 5.26. The minimum atomic E-state index is 1.09. The molecule has 0 heteroatoms. The normalized spacial score (nSPS) is 12.7. The van der Waals surface area contributed by atoms with E-state index in [9.17, 15) is 0 Å². The van der Waals surface area contributed by atoms with Gasteiger partial charge >= 0.3 is 0 Å². The third-order valence-corrected chi connectivity index (χ3v) is 3.87. The van der Waals surface area contributed by atoms with Crippen LogP contribution in [0.15, 0.2) is 48.5 Å². The van der Waals surface area contributed by atoms with E-state index >= 15 is 0 Å². The maximum absolute atomic E-state index is 2.32. The number of fused-ring (bicyclic) bond motifs is 3. The lowest BCUT2D eigenvalue weighted by Crippen LogP contribution is -1.83. The summed E-state index contributed by atoms with van der Waals surface area (Å²) in [5.74, 6) is 0. The smallest absolute Gasteiger partial charge is 0.00132 e. The van der Waals surface area contributed by atoms with E-state index in [1.807, 2.05) is 0 Å². The Morgan fingerprint density at radius 2 is 1.84 bits per heavy atom. The van der Waals surface area contributed by atoms with Gasteiger partial charge in [0.05, 0.1) is 0 Å². The molecule has 3 rings (SSSR count). The fourth-order valence-corrected chi connectivity index (χ4v) is 2.89. The highest BCUT2D eigenvalue weighted by atomic mass is 14.2. The molecule has 0 heterocycles. The minimum absolute atomic E-state index is 1.09. The van der Waals surface area contributed by atoms with Crippen molar-refractivity contribution >= 4 is 6.08 Å². The first-order valence-corrected chi connectivity index (χ1v) is 7.27. The van der Waals surface area contributed by atoms with Crippen LogP contribution in [0.3, 0.4) is 0 Å². The summed E-state index contributed by atoms with van der Waals surface area (Å²) in [5, 5.41) is 0. The number of hydrogen-bond donors (Lipinski definition) is 0. The number of hydrogen-bond acceptors (Lipinski definition) is 0. The van der Waals surface area contributed by atoms with E-state index in [1.165, 1.54) is 47.1 Å². The van der Waals surface area contributed by atoms with Gasteiger partial charge in [-0.2, -0.15) is 0 Å². The highest BCUT2D eigenvalue weighted by Gasteiger charge is 2.19. The van der Waals surface area contributed by atoms with E-state index < -0.39 is 0 Å². The largest absolute Gasteiger partial charge is 0.0839 e. The Labute approximate surface area is 115 Å². The Morgan fingerprint density at radius 3 is 2.74 bits per heavy atom. The third-order valence-electron chi connectivity index (χ3n) is 3.87. The Balaban J connectivity index is 1.97. The van der Waals surface area contributed by atoms with Gasteiger partial charge in [0.25, 0.3) is 0 Å². The van der Waals surface area contributed by atoms with E-state index in [1.54, 1.807) is 0 Å². The number of benzene rings is 2. The van der Waals surface area contributed by atoms with Crippen molar-refractivity contribution < 1.29 is 0 Å². The first kappa shape index (κ1) is 12.2. The Morgan fingerprint density at radius 1 is 1.00 bits per heavy atom. The predicted octanol–water partition coefficient (Wildman–Crippen LogP) is 5.46. The second kappa shape index (κ2) is 5.44. The van der Waals surface area contributed by atoms with Crippen molar-refractivity contribution in [2.45, 2.75) is 32.6 Å². The Bertz CT molecular complexity index is 605. The molecule has 1 aliphatic carbocycles. The zero-order valence-corrected chi connectivity index (χ0v) is 11.5. The standard InChI is InChI=1S/C19H20/c1-2-3-4-5-9-15-11-8-12-17-14-16-10-6-7-13-18(16)19(15)17/h5-13H,2-4,14H2,1H3. The fourth-order valence-electron chi connectivity index (χ4n) is 2.89. The van der Waals surface area contributed by atoms with Crippen LogP contribution in [-0.4, -0.2) is 0 Å². The van der Waals surface area contributed by atoms with Gasteiger partial charge in [-0.25, -0.2) is 0 Å². The summed E-state index contributed by atoms with van der Waals surface area (Å²) in [4.78, 5) is 0. The molecule has 0 aliphatic heterocycles. The summed E-state index contributed by atoms with van der Waals surface area (Å²) in [5.41, 5.74) is 7.18. The highest BCUT2D eigenvalue weighted by molar-refractivity contribution is 5.84. The molecule has 0 saturated heterocycles. The summed E-state index contributed by atoms with van der Waals surface area (Å²) >= 11 is 0. The Hall–Kier alpha value is -1.82. The molecule has 96 valence electrons. The van der Waals surface area contributed by atoms with Gasteiger partial charge in [0.1, 0.15) is 0 Å². The van der Waals surface area contributed by atoms with E-state index in [0.29, 0.717) is 0 Å². The summed E-state index contributed by atoms with van der Waals surface area (Å²) in [6.45, 7) is 2.24. The van der Waals surface area contributed by atoms with Gasteiger partial charge in [-0.05, 0) is 40.7 Å². The van der Waals surface area contributed by atoms with Gasteiger partial charge in [0.15, 0.2) is 0 Å². The maximum atomic E-state index is 2.32. The van der Waals surface area contributed by atoms with Crippen LogP contribution in [0, 0.1) is 0 Å². The lowest BCUT2D eigenvalue weighted by atomic mass is 9.99. The first-order valence-electron chi connectivity index (χ1n) is 7.27. The monoisotopic (exact) mass is 248 g/mol. The average molecular weight is 248 g/mol. The van der Waals surface area contributed by atoms with Gasteiger partial charge in [-0.3, -0.25) is 0 Å². The van der Waals surface area contributed by atoms with E-state index in [-0.39, 0.29) is 0 Å². The quantitative estimate of drug-likeness (QED) is 0.538. The fraction of sp³-hybridized carbons (Fsp3) is 0.263. The number of unbranched alkanes of at least 4 members (excludes halogenated alkanes) is 2. The molecule has 0 radical (unpaired) electrons. The van der Waals surface area contributed by atoms with Gasteiger partial charge in [0, 0.05) is 0 Å². The SMILES string of the molecule is CCCCC=Cc1cccc2c1-c1ccccc1C2. The minimum Gasteiger partial charge on any atom is -0.0839 e. The van der Waals surface area contributed by atoms with Crippen molar-refractivity contribution in [2.24, 2.45) is 0 Å². The summed E-state index contributed by atoms with van der Waals surface area (Å²) in [6.07, 6.45) is 9.43. The number of rotatable bonds is 4.